The van der Waals surface area contributed by atoms with E-state index in [1.165, 1.54) is 11.9 Å². The van der Waals surface area contributed by atoms with Gasteiger partial charge in [-0.05, 0) is 42.5 Å². The van der Waals surface area contributed by atoms with E-state index >= 15 is 0 Å². The molecule has 0 spiro atoms. The fourth-order valence-electron chi connectivity index (χ4n) is 5.49. The molecule has 0 atom stereocenters. The summed E-state index contributed by atoms with van der Waals surface area (Å²) in [7, 11) is 0. The molecule has 0 unspecified atom stereocenters. The summed E-state index contributed by atoms with van der Waals surface area (Å²) < 4.78 is 3.93. The van der Waals surface area contributed by atoms with E-state index in [-0.39, 0.29) is 5.91 Å². The van der Waals surface area contributed by atoms with Crippen molar-refractivity contribution in [2.24, 2.45) is 0 Å². The molecule has 4 heterocycles. The van der Waals surface area contributed by atoms with Gasteiger partial charge in [0, 0.05) is 48.3 Å². The zero-order valence-electron chi connectivity index (χ0n) is 21.0. The molecule has 0 radical (unpaired) electrons. The van der Waals surface area contributed by atoms with Gasteiger partial charge >= 0.3 is 0 Å². The van der Waals surface area contributed by atoms with E-state index in [1.807, 2.05) is 39.2 Å². The van der Waals surface area contributed by atoms with Gasteiger partial charge in [-0.3, -0.25) is 9.48 Å². The van der Waals surface area contributed by atoms with Crippen LogP contribution in [0, 0.1) is 0 Å². The number of amides is 1. The summed E-state index contributed by atoms with van der Waals surface area (Å²) in [5, 5.41) is 10.5. The zero-order chi connectivity index (χ0) is 25.4. The number of rotatable bonds is 6. The molecule has 37 heavy (non-hydrogen) atoms. The molecule has 1 aliphatic rings. The molecule has 1 amide bonds. The summed E-state index contributed by atoms with van der Waals surface area (Å²) in [4.78, 5) is 18.7. The maximum absolute atomic E-state index is 12.4. The van der Waals surface area contributed by atoms with Crippen molar-refractivity contribution in [1.82, 2.24) is 29.3 Å². The minimum Gasteiger partial charge on any atom is -0.382 e. The molecule has 0 saturated carbocycles. The molecule has 1 saturated heterocycles. The first-order chi connectivity index (χ1) is 18.1. The van der Waals surface area contributed by atoms with Gasteiger partial charge in [0.15, 0.2) is 5.82 Å². The van der Waals surface area contributed by atoms with Gasteiger partial charge in [-0.25, -0.2) is 9.50 Å². The van der Waals surface area contributed by atoms with E-state index in [9.17, 15) is 4.79 Å². The van der Waals surface area contributed by atoms with Gasteiger partial charge in [0.05, 0.1) is 12.1 Å². The molecule has 3 aromatic heterocycles. The van der Waals surface area contributed by atoms with Crippen LogP contribution < -0.4 is 5.73 Å². The number of carbonyl (C=O) groups excluding carboxylic acids is 1. The van der Waals surface area contributed by atoms with E-state index in [1.54, 1.807) is 0 Å². The Kier molecular flexibility index (Phi) is 6.08. The standard InChI is InChI=1S/C29H31N7O/c1-2-6-27(37)34-13-11-21(12-14-34)26-16-24(28-29(30)31-19-32-36(26)28)22-9-10-23-18-35(33-25(23)15-22)17-20-7-4-3-5-8-20/h3-5,7-10,15-16,18-19,21H,2,6,11-14,17H2,1H3,(H2,30,31,32). The summed E-state index contributed by atoms with van der Waals surface area (Å²) in [6, 6.07) is 18.9. The number of nitrogens with two attached hydrogens (primary N) is 1. The van der Waals surface area contributed by atoms with Gasteiger partial charge in [-0.2, -0.15) is 10.2 Å². The SMILES string of the molecule is CCCC(=O)N1CCC(c2cc(-c3ccc4cn(Cc5ccccc5)nc4c3)c3c(N)ncnn23)CC1. The summed E-state index contributed by atoms with van der Waals surface area (Å²) in [5.41, 5.74) is 12.5. The Labute approximate surface area is 215 Å². The fraction of sp³-hybridized carbons (Fsp3) is 0.310. The zero-order valence-corrected chi connectivity index (χ0v) is 21.0. The van der Waals surface area contributed by atoms with Crippen molar-refractivity contribution in [3.05, 3.63) is 78.4 Å². The Bertz CT molecular complexity index is 1560. The molecule has 0 aliphatic carbocycles. The van der Waals surface area contributed by atoms with Crippen molar-refractivity contribution >= 4 is 28.1 Å². The molecule has 8 nitrogen and oxygen atoms in total. The molecule has 2 N–H and O–H groups in total. The highest BCUT2D eigenvalue weighted by Crippen LogP contribution is 2.37. The van der Waals surface area contributed by atoms with Gasteiger partial charge in [0.1, 0.15) is 11.8 Å². The van der Waals surface area contributed by atoms with E-state index in [4.69, 9.17) is 10.8 Å². The summed E-state index contributed by atoms with van der Waals surface area (Å²) in [6.45, 7) is 4.33. The van der Waals surface area contributed by atoms with Crippen LogP contribution in [0.25, 0.3) is 27.5 Å². The summed E-state index contributed by atoms with van der Waals surface area (Å²) >= 11 is 0. The molecular weight excluding hydrogens is 462 g/mol. The number of hydrogen-bond donors (Lipinski definition) is 1. The third-order valence-electron chi connectivity index (χ3n) is 7.39. The quantitative estimate of drug-likeness (QED) is 0.364. The van der Waals surface area contributed by atoms with Crippen LogP contribution in [-0.2, 0) is 11.3 Å². The summed E-state index contributed by atoms with van der Waals surface area (Å²) in [5.74, 6) is 1.02. The van der Waals surface area contributed by atoms with Crippen LogP contribution in [0.1, 0.15) is 49.8 Å². The van der Waals surface area contributed by atoms with E-state index in [0.717, 1.165) is 72.1 Å². The number of nitrogen functional groups attached to an aromatic ring is 1. The minimum atomic E-state index is 0.258. The highest BCUT2D eigenvalue weighted by atomic mass is 16.2. The average molecular weight is 494 g/mol. The molecule has 0 bridgehead atoms. The predicted octanol–water partition coefficient (Wildman–Crippen LogP) is 4.88. The number of piperidine rings is 1. The van der Waals surface area contributed by atoms with E-state index in [0.29, 0.717) is 18.2 Å². The third kappa shape index (κ3) is 4.43. The van der Waals surface area contributed by atoms with Crippen LogP contribution in [0.2, 0.25) is 0 Å². The van der Waals surface area contributed by atoms with Crippen molar-refractivity contribution in [1.29, 1.82) is 0 Å². The first-order valence-corrected chi connectivity index (χ1v) is 13.0. The second-order valence-electron chi connectivity index (χ2n) is 9.88. The van der Waals surface area contributed by atoms with Crippen LogP contribution >= 0.6 is 0 Å². The van der Waals surface area contributed by atoms with Crippen LogP contribution in [0.4, 0.5) is 5.82 Å². The topological polar surface area (TPSA) is 94.3 Å². The molecule has 8 heteroatoms. The molecule has 1 aliphatic heterocycles. The van der Waals surface area contributed by atoms with Crippen molar-refractivity contribution in [2.75, 3.05) is 18.8 Å². The second-order valence-corrected chi connectivity index (χ2v) is 9.88. The van der Waals surface area contributed by atoms with Gasteiger partial charge in [0.2, 0.25) is 5.91 Å². The lowest BCUT2D eigenvalue weighted by atomic mass is 9.92. The number of nitrogens with zero attached hydrogens (tertiary/aromatic N) is 6. The monoisotopic (exact) mass is 493 g/mol. The van der Waals surface area contributed by atoms with Gasteiger partial charge < -0.3 is 10.6 Å². The molecule has 188 valence electrons. The largest absolute Gasteiger partial charge is 0.382 e. The smallest absolute Gasteiger partial charge is 0.222 e. The first-order valence-electron chi connectivity index (χ1n) is 13.0. The average Bonchev–Trinajstić information content (AvgIpc) is 3.51. The third-order valence-corrected chi connectivity index (χ3v) is 7.39. The highest BCUT2D eigenvalue weighted by Gasteiger charge is 2.27. The molecule has 2 aromatic carbocycles. The number of benzene rings is 2. The Morgan fingerprint density at radius 1 is 1.08 bits per heavy atom. The van der Waals surface area contributed by atoms with Crippen LogP contribution in [-0.4, -0.2) is 48.3 Å². The predicted molar refractivity (Wildman–Crippen MR) is 145 cm³/mol. The van der Waals surface area contributed by atoms with Crippen molar-refractivity contribution in [3.63, 3.8) is 0 Å². The molecule has 1 fully saturated rings. The maximum Gasteiger partial charge on any atom is 0.222 e. The Balaban J connectivity index is 1.33. The lowest BCUT2D eigenvalue weighted by molar-refractivity contribution is -0.132. The number of likely N-dealkylation sites (tertiary alicyclic amines) is 1. The van der Waals surface area contributed by atoms with Gasteiger partial charge in [0.25, 0.3) is 0 Å². The van der Waals surface area contributed by atoms with E-state index < -0.39 is 0 Å². The normalized spacial score (nSPS) is 14.6. The maximum atomic E-state index is 12.4. The number of carbonyl (C=O) groups is 1. The molecule has 5 aromatic rings. The van der Waals surface area contributed by atoms with Crippen LogP contribution in [0.5, 0.6) is 0 Å². The Morgan fingerprint density at radius 3 is 2.68 bits per heavy atom. The Hall–Kier alpha value is -4.20. The van der Waals surface area contributed by atoms with E-state index in [2.05, 4.69) is 52.7 Å². The lowest BCUT2D eigenvalue weighted by Crippen LogP contribution is -2.37. The van der Waals surface area contributed by atoms with Gasteiger partial charge in [-0.15, -0.1) is 0 Å². The van der Waals surface area contributed by atoms with Gasteiger partial charge in [-0.1, -0.05) is 49.4 Å². The molecule has 6 rings (SSSR count). The minimum absolute atomic E-state index is 0.258. The number of hydrogen-bond acceptors (Lipinski definition) is 5. The first kappa shape index (κ1) is 23.2. The molecular formula is C29H31N7O. The number of aromatic nitrogens is 5. The highest BCUT2D eigenvalue weighted by molar-refractivity contribution is 5.92. The van der Waals surface area contributed by atoms with Crippen LogP contribution in [0.15, 0.2) is 67.1 Å². The number of fused-ring (bicyclic) bond motifs is 2. The van der Waals surface area contributed by atoms with Crippen molar-refractivity contribution in [3.8, 4) is 11.1 Å². The summed E-state index contributed by atoms with van der Waals surface area (Å²) in [6.07, 6.45) is 6.93. The second kappa shape index (κ2) is 9.69. The fourth-order valence-corrected chi connectivity index (χ4v) is 5.49. The number of anilines is 1. The Morgan fingerprint density at radius 2 is 1.89 bits per heavy atom. The van der Waals surface area contributed by atoms with Crippen molar-refractivity contribution < 1.29 is 4.79 Å². The van der Waals surface area contributed by atoms with Crippen molar-refractivity contribution in [2.45, 2.75) is 45.1 Å². The lowest BCUT2D eigenvalue weighted by Gasteiger charge is -2.31. The van der Waals surface area contributed by atoms with Crippen LogP contribution in [0.3, 0.4) is 0 Å².